The number of Topliss-reactive ketones (excluding diaryl/α,β-unsaturated/α-hetero) is 1. The van der Waals surface area contributed by atoms with Gasteiger partial charge in [0.15, 0.2) is 17.2 Å². The summed E-state index contributed by atoms with van der Waals surface area (Å²) in [5.74, 6) is -2.53. The average Bonchev–Trinajstić information content (AvgIpc) is 2.80. The van der Waals surface area contributed by atoms with E-state index in [0.29, 0.717) is 0 Å². The largest absolute Gasteiger partial charge is 0.493 e. The number of esters is 2. The number of benzene rings is 1. The lowest BCUT2D eigenvalue weighted by molar-refractivity contribution is -0.154. The molecule has 0 unspecified atom stereocenters. The van der Waals surface area contributed by atoms with Crippen molar-refractivity contribution < 1.29 is 33.0 Å². The van der Waals surface area contributed by atoms with Crippen LogP contribution in [0, 0.1) is 24.6 Å². The Balaban J connectivity index is 2.17. The van der Waals surface area contributed by atoms with E-state index in [1.807, 2.05) is 20.8 Å². The van der Waals surface area contributed by atoms with E-state index in [4.69, 9.17) is 14.2 Å². The van der Waals surface area contributed by atoms with E-state index in [9.17, 15) is 18.8 Å². The lowest BCUT2D eigenvalue weighted by Crippen LogP contribution is -2.30. The number of aryl methyl sites for hydroxylation is 1. The van der Waals surface area contributed by atoms with Gasteiger partial charge in [-0.05, 0) is 43.0 Å². The molecule has 0 spiro atoms. The van der Waals surface area contributed by atoms with E-state index < -0.39 is 29.7 Å². The number of halogens is 1. The Bertz CT molecular complexity index is 1070. The number of rotatable bonds is 11. The van der Waals surface area contributed by atoms with Crippen LogP contribution in [0.5, 0.6) is 11.5 Å². The number of carbonyl (C=O) groups is 3. The topological polar surface area (TPSA) is 91.8 Å². The summed E-state index contributed by atoms with van der Waals surface area (Å²) < 4.78 is 29.8. The molecule has 1 aromatic carbocycles. The van der Waals surface area contributed by atoms with Gasteiger partial charge >= 0.3 is 11.9 Å². The summed E-state index contributed by atoms with van der Waals surface area (Å²) in [6.07, 6.45) is 0.792. The van der Waals surface area contributed by atoms with E-state index in [1.165, 1.54) is 31.5 Å². The standard InChI is InChI=1S/C27H34FNO6/c1-8-23(31)35-26-22(33-7)11-12-29-25(26)21(30)14-17(5)27(32)34-18(6)24(15(2)3)20-10-9-19(28)13-16(20)4/h9-13,15,17-18,24H,8,14H2,1-7H3/t17-,18+,24-/m1/s1. The van der Waals surface area contributed by atoms with Crippen molar-refractivity contribution in [3.8, 4) is 11.5 Å². The number of carbonyl (C=O) groups excluding carboxylic acids is 3. The van der Waals surface area contributed by atoms with Gasteiger partial charge in [-0.15, -0.1) is 0 Å². The van der Waals surface area contributed by atoms with E-state index in [-0.39, 0.29) is 47.7 Å². The first-order chi connectivity index (χ1) is 16.5. The monoisotopic (exact) mass is 487 g/mol. The van der Waals surface area contributed by atoms with E-state index in [1.54, 1.807) is 26.8 Å². The molecule has 2 rings (SSSR count). The molecule has 7 nitrogen and oxygen atoms in total. The van der Waals surface area contributed by atoms with Crippen LogP contribution in [0.15, 0.2) is 30.5 Å². The normalized spacial score (nSPS) is 13.6. The van der Waals surface area contributed by atoms with Crippen LogP contribution in [0.3, 0.4) is 0 Å². The van der Waals surface area contributed by atoms with Crippen molar-refractivity contribution >= 4 is 17.7 Å². The van der Waals surface area contributed by atoms with Crippen molar-refractivity contribution in [1.29, 1.82) is 0 Å². The predicted molar refractivity (Wildman–Crippen MR) is 129 cm³/mol. The van der Waals surface area contributed by atoms with E-state index in [0.717, 1.165) is 11.1 Å². The molecule has 0 radical (unpaired) electrons. The highest BCUT2D eigenvalue weighted by molar-refractivity contribution is 6.00. The molecule has 0 fully saturated rings. The number of nitrogens with zero attached hydrogens (tertiary/aromatic N) is 1. The van der Waals surface area contributed by atoms with Crippen LogP contribution < -0.4 is 9.47 Å². The van der Waals surface area contributed by atoms with Crippen LogP contribution in [-0.2, 0) is 14.3 Å². The molecule has 0 N–H and O–H groups in total. The van der Waals surface area contributed by atoms with Crippen molar-refractivity contribution in [2.45, 2.75) is 66.4 Å². The quantitative estimate of drug-likeness (QED) is 0.308. The lowest BCUT2D eigenvalue weighted by Gasteiger charge is -2.30. The van der Waals surface area contributed by atoms with Crippen molar-refractivity contribution in [2.24, 2.45) is 11.8 Å². The number of ketones is 1. The molecule has 35 heavy (non-hydrogen) atoms. The summed E-state index contributed by atoms with van der Waals surface area (Å²) >= 11 is 0. The second kappa shape index (κ2) is 12.4. The second-order valence-electron chi connectivity index (χ2n) is 8.96. The predicted octanol–water partition coefficient (Wildman–Crippen LogP) is 5.43. The van der Waals surface area contributed by atoms with Gasteiger partial charge in [0.05, 0.1) is 13.0 Å². The zero-order valence-electron chi connectivity index (χ0n) is 21.4. The highest BCUT2D eigenvalue weighted by Crippen LogP contribution is 2.34. The van der Waals surface area contributed by atoms with Crippen molar-refractivity contribution in [2.75, 3.05) is 7.11 Å². The Kier molecular flexibility index (Phi) is 9.92. The van der Waals surface area contributed by atoms with Gasteiger partial charge in [-0.3, -0.25) is 14.4 Å². The second-order valence-corrected chi connectivity index (χ2v) is 8.96. The number of hydrogen-bond acceptors (Lipinski definition) is 7. The highest BCUT2D eigenvalue weighted by Gasteiger charge is 2.30. The zero-order valence-corrected chi connectivity index (χ0v) is 21.4. The molecule has 0 aliphatic carbocycles. The molecule has 0 aliphatic heterocycles. The van der Waals surface area contributed by atoms with Crippen LogP contribution >= 0.6 is 0 Å². The van der Waals surface area contributed by atoms with E-state index >= 15 is 0 Å². The maximum absolute atomic E-state index is 13.6. The Hall–Kier alpha value is -3.29. The maximum Gasteiger partial charge on any atom is 0.311 e. The van der Waals surface area contributed by atoms with Gasteiger partial charge < -0.3 is 14.2 Å². The van der Waals surface area contributed by atoms with Crippen LogP contribution in [0.4, 0.5) is 4.39 Å². The minimum absolute atomic E-state index is 0.0626. The molecule has 0 aliphatic rings. The average molecular weight is 488 g/mol. The minimum atomic E-state index is -0.769. The van der Waals surface area contributed by atoms with Crippen molar-refractivity contribution in [1.82, 2.24) is 4.98 Å². The van der Waals surface area contributed by atoms with Gasteiger partial charge in [-0.25, -0.2) is 9.37 Å². The summed E-state index contributed by atoms with van der Waals surface area (Å²) in [7, 11) is 1.39. The summed E-state index contributed by atoms with van der Waals surface area (Å²) in [5, 5.41) is 0. The fourth-order valence-corrected chi connectivity index (χ4v) is 4.07. The fourth-order valence-electron chi connectivity index (χ4n) is 4.07. The number of hydrogen-bond donors (Lipinski definition) is 0. The Morgan fingerprint density at radius 1 is 1.09 bits per heavy atom. The zero-order chi connectivity index (χ0) is 26.3. The lowest BCUT2D eigenvalue weighted by atomic mass is 9.82. The molecular formula is C27H34FNO6. The molecule has 0 amide bonds. The first-order valence-corrected chi connectivity index (χ1v) is 11.7. The van der Waals surface area contributed by atoms with Crippen molar-refractivity contribution in [3.05, 3.63) is 53.1 Å². The molecule has 0 saturated heterocycles. The Labute approximate surface area is 206 Å². The third-order valence-electron chi connectivity index (χ3n) is 5.87. The molecule has 8 heteroatoms. The molecule has 1 aromatic heterocycles. The smallest absolute Gasteiger partial charge is 0.311 e. The number of pyridine rings is 1. The minimum Gasteiger partial charge on any atom is -0.493 e. The molecule has 3 atom stereocenters. The summed E-state index contributed by atoms with van der Waals surface area (Å²) in [4.78, 5) is 41.8. The van der Waals surface area contributed by atoms with Gasteiger partial charge in [0, 0.05) is 31.0 Å². The summed E-state index contributed by atoms with van der Waals surface area (Å²) in [6, 6.07) is 6.07. The Morgan fingerprint density at radius 2 is 1.77 bits per heavy atom. The number of methoxy groups -OCH3 is 1. The molecular weight excluding hydrogens is 453 g/mol. The molecule has 190 valence electrons. The van der Waals surface area contributed by atoms with Gasteiger partial charge in [0.25, 0.3) is 0 Å². The Morgan fingerprint density at radius 3 is 2.34 bits per heavy atom. The van der Waals surface area contributed by atoms with Crippen LogP contribution in [-0.4, -0.2) is 35.9 Å². The van der Waals surface area contributed by atoms with Crippen LogP contribution in [0.1, 0.15) is 75.0 Å². The molecule has 2 aromatic rings. The van der Waals surface area contributed by atoms with Crippen LogP contribution in [0.25, 0.3) is 0 Å². The highest BCUT2D eigenvalue weighted by atomic mass is 19.1. The van der Waals surface area contributed by atoms with Gasteiger partial charge in [0.2, 0.25) is 5.75 Å². The molecule has 1 heterocycles. The summed E-state index contributed by atoms with van der Waals surface area (Å²) in [5.41, 5.74) is 1.61. The van der Waals surface area contributed by atoms with Gasteiger partial charge in [-0.2, -0.15) is 0 Å². The number of aromatic nitrogens is 1. The number of ether oxygens (including phenoxy) is 3. The van der Waals surface area contributed by atoms with Crippen LogP contribution in [0.2, 0.25) is 0 Å². The fraction of sp³-hybridized carbons (Fsp3) is 0.481. The third kappa shape index (κ3) is 7.10. The SMILES string of the molecule is CCC(=O)Oc1c(OC)ccnc1C(=O)C[C@@H](C)C(=O)O[C@@H](C)[C@H](c1ccc(F)cc1C)C(C)C. The first kappa shape index (κ1) is 28.0. The third-order valence-corrected chi connectivity index (χ3v) is 5.87. The van der Waals surface area contributed by atoms with E-state index in [2.05, 4.69) is 4.98 Å². The van der Waals surface area contributed by atoms with Crippen molar-refractivity contribution in [3.63, 3.8) is 0 Å². The summed E-state index contributed by atoms with van der Waals surface area (Å²) in [6.45, 7) is 10.9. The first-order valence-electron chi connectivity index (χ1n) is 11.7. The molecule has 0 bridgehead atoms. The maximum atomic E-state index is 13.6. The molecule has 0 saturated carbocycles. The van der Waals surface area contributed by atoms with Gasteiger partial charge in [0.1, 0.15) is 11.9 Å². The van der Waals surface area contributed by atoms with Gasteiger partial charge in [-0.1, -0.05) is 33.8 Å².